The summed E-state index contributed by atoms with van der Waals surface area (Å²) >= 11 is 0. The lowest BCUT2D eigenvalue weighted by atomic mass is 10.0. The summed E-state index contributed by atoms with van der Waals surface area (Å²) in [5.74, 6) is -0.881. The van der Waals surface area contributed by atoms with Crippen LogP contribution in [0.3, 0.4) is 0 Å². The smallest absolute Gasteiger partial charge is 0.306 e. The second-order valence-electron chi connectivity index (χ2n) is 23.4. The highest BCUT2D eigenvalue weighted by Crippen LogP contribution is 2.17. The van der Waals surface area contributed by atoms with E-state index in [4.69, 9.17) is 14.2 Å². The van der Waals surface area contributed by atoms with Crippen molar-refractivity contribution in [2.24, 2.45) is 0 Å². The third-order valence-corrected chi connectivity index (χ3v) is 15.3. The Kier molecular flexibility index (Phi) is 67.2. The van der Waals surface area contributed by atoms with Gasteiger partial charge in [-0.2, -0.15) is 0 Å². The number of hydrogen-bond donors (Lipinski definition) is 0. The maximum Gasteiger partial charge on any atom is 0.306 e. The summed E-state index contributed by atoms with van der Waals surface area (Å²) < 4.78 is 17.0. The fourth-order valence-electron chi connectivity index (χ4n) is 9.99. The van der Waals surface area contributed by atoms with Gasteiger partial charge < -0.3 is 14.2 Å². The second-order valence-corrected chi connectivity index (χ2v) is 23.4. The molecule has 0 aliphatic heterocycles. The van der Waals surface area contributed by atoms with Crippen molar-refractivity contribution in [2.75, 3.05) is 13.2 Å². The van der Waals surface area contributed by atoms with Gasteiger partial charge >= 0.3 is 17.9 Å². The van der Waals surface area contributed by atoms with Crippen LogP contribution in [0.1, 0.15) is 342 Å². The van der Waals surface area contributed by atoms with E-state index in [0.29, 0.717) is 19.3 Å². The molecule has 0 radical (unpaired) electrons. The van der Waals surface area contributed by atoms with E-state index in [1.165, 1.54) is 186 Å². The third kappa shape index (κ3) is 68.7. The van der Waals surface area contributed by atoms with Crippen LogP contribution in [0.2, 0.25) is 0 Å². The fraction of sp³-hybridized carbons (Fsp3) is 0.727. The Bertz CT molecular complexity index is 1660. The van der Waals surface area contributed by atoms with Gasteiger partial charge in [0.15, 0.2) is 6.10 Å². The zero-order valence-electron chi connectivity index (χ0n) is 54.7. The predicted octanol–water partition coefficient (Wildman–Crippen LogP) is 24.6. The molecule has 0 aromatic rings. The number of rotatable bonds is 64. The lowest BCUT2D eigenvalue weighted by molar-refractivity contribution is -0.167. The first-order chi connectivity index (χ1) is 41.0. The molecule has 0 saturated heterocycles. The molecule has 0 rings (SSSR count). The molecule has 476 valence electrons. The van der Waals surface area contributed by atoms with Gasteiger partial charge in [-0.15, -0.1) is 0 Å². The highest BCUT2D eigenvalue weighted by atomic mass is 16.6. The zero-order chi connectivity index (χ0) is 59.9. The molecule has 0 amide bonds. The topological polar surface area (TPSA) is 78.9 Å². The monoisotopic (exact) mass is 1150 g/mol. The molecule has 1 atom stereocenters. The average molecular weight is 1150 g/mol. The van der Waals surface area contributed by atoms with Gasteiger partial charge in [0.1, 0.15) is 13.2 Å². The average Bonchev–Trinajstić information content (AvgIpc) is 3.49. The Morgan fingerprint density at radius 1 is 0.253 bits per heavy atom. The van der Waals surface area contributed by atoms with Gasteiger partial charge in [-0.3, -0.25) is 14.4 Å². The van der Waals surface area contributed by atoms with Gasteiger partial charge in [0.2, 0.25) is 0 Å². The maximum absolute atomic E-state index is 13.0. The van der Waals surface area contributed by atoms with Gasteiger partial charge in [0.05, 0.1) is 0 Å². The molecule has 0 aliphatic rings. The van der Waals surface area contributed by atoms with E-state index < -0.39 is 6.10 Å². The molecule has 0 N–H and O–H groups in total. The maximum atomic E-state index is 13.0. The van der Waals surface area contributed by atoms with Crippen LogP contribution in [0.4, 0.5) is 0 Å². The van der Waals surface area contributed by atoms with Crippen molar-refractivity contribution in [3.05, 3.63) is 109 Å². The van der Waals surface area contributed by atoms with Crippen LogP contribution in [-0.2, 0) is 28.6 Å². The molecule has 0 aromatic carbocycles. The first-order valence-corrected chi connectivity index (χ1v) is 35.4. The Balaban J connectivity index is 4.36. The SMILES string of the molecule is CC/C=C\C/C=C\C/C=C\C/C=C\C/C=C\C/C=C\C/C=C\CCCCCCCCCC(=O)OCC(COC(=O)CCCCCCCCCCCCCCCCC)OC(=O)CCCCCCCCCCC/C=C\C/C=C\CCCCCCC. The first kappa shape index (κ1) is 79.1. The summed E-state index contributed by atoms with van der Waals surface area (Å²) in [5, 5.41) is 0. The van der Waals surface area contributed by atoms with Crippen molar-refractivity contribution in [3.8, 4) is 0 Å². The number of hydrogen-bond acceptors (Lipinski definition) is 6. The number of ether oxygens (including phenoxy) is 3. The summed E-state index contributed by atoms with van der Waals surface area (Å²) in [5.41, 5.74) is 0. The minimum Gasteiger partial charge on any atom is -0.462 e. The minimum atomic E-state index is -0.787. The Labute approximate surface area is 514 Å². The summed E-state index contributed by atoms with van der Waals surface area (Å²) in [6, 6.07) is 0. The molecule has 0 saturated carbocycles. The highest BCUT2D eigenvalue weighted by Gasteiger charge is 2.19. The molecular formula is C77H132O6. The van der Waals surface area contributed by atoms with Crippen LogP contribution in [0.15, 0.2) is 109 Å². The number of esters is 3. The summed E-state index contributed by atoms with van der Waals surface area (Å²) in [6.07, 6.45) is 96.7. The largest absolute Gasteiger partial charge is 0.462 e. The van der Waals surface area contributed by atoms with E-state index >= 15 is 0 Å². The molecule has 0 aliphatic carbocycles. The summed E-state index contributed by atoms with van der Waals surface area (Å²) in [7, 11) is 0. The van der Waals surface area contributed by atoms with Gasteiger partial charge in [-0.05, 0) is 109 Å². The lowest BCUT2D eigenvalue weighted by Gasteiger charge is -2.18. The van der Waals surface area contributed by atoms with Gasteiger partial charge in [-0.1, -0.05) is 323 Å². The number of carbonyl (C=O) groups excluding carboxylic acids is 3. The van der Waals surface area contributed by atoms with Crippen LogP contribution in [0, 0.1) is 0 Å². The molecule has 1 unspecified atom stereocenters. The second kappa shape index (κ2) is 70.6. The summed E-state index contributed by atoms with van der Waals surface area (Å²) in [6.45, 7) is 6.54. The van der Waals surface area contributed by atoms with Crippen molar-refractivity contribution >= 4 is 17.9 Å². The van der Waals surface area contributed by atoms with Crippen molar-refractivity contribution in [1.29, 1.82) is 0 Å². The number of allylic oxidation sites excluding steroid dienone is 18. The Morgan fingerprint density at radius 2 is 0.470 bits per heavy atom. The van der Waals surface area contributed by atoms with E-state index in [1.54, 1.807) is 0 Å². The van der Waals surface area contributed by atoms with E-state index in [2.05, 4.69) is 130 Å². The molecule has 6 nitrogen and oxygen atoms in total. The van der Waals surface area contributed by atoms with Crippen LogP contribution >= 0.6 is 0 Å². The molecular weight excluding hydrogens is 1020 g/mol. The zero-order valence-corrected chi connectivity index (χ0v) is 54.7. The molecule has 6 heteroatoms. The molecule has 0 aromatic heterocycles. The first-order valence-electron chi connectivity index (χ1n) is 35.4. The lowest BCUT2D eigenvalue weighted by Crippen LogP contribution is -2.30. The Hall–Kier alpha value is -3.93. The number of unbranched alkanes of at least 4 members (excludes halogenated alkanes) is 35. The molecule has 0 spiro atoms. The van der Waals surface area contributed by atoms with Crippen molar-refractivity contribution in [2.45, 2.75) is 348 Å². The van der Waals surface area contributed by atoms with Gasteiger partial charge in [-0.25, -0.2) is 0 Å². The van der Waals surface area contributed by atoms with Crippen LogP contribution in [-0.4, -0.2) is 37.2 Å². The van der Waals surface area contributed by atoms with Crippen LogP contribution in [0.5, 0.6) is 0 Å². The Morgan fingerprint density at radius 3 is 0.735 bits per heavy atom. The van der Waals surface area contributed by atoms with Crippen LogP contribution < -0.4 is 0 Å². The molecule has 83 heavy (non-hydrogen) atoms. The number of carbonyl (C=O) groups is 3. The van der Waals surface area contributed by atoms with Gasteiger partial charge in [0.25, 0.3) is 0 Å². The van der Waals surface area contributed by atoms with E-state index in [-0.39, 0.29) is 31.1 Å². The molecule has 0 bridgehead atoms. The normalized spacial score (nSPS) is 12.8. The van der Waals surface area contributed by atoms with Gasteiger partial charge in [0, 0.05) is 19.3 Å². The highest BCUT2D eigenvalue weighted by molar-refractivity contribution is 5.71. The summed E-state index contributed by atoms with van der Waals surface area (Å²) in [4.78, 5) is 38.5. The van der Waals surface area contributed by atoms with Crippen molar-refractivity contribution in [3.63, 3.8) is 0 Å². The standard InChI is InChI=1S/C77H132O6/c1-4-7-10-13-16-19-22-25-28-30-32-34-35-36-37-38-39-40-41-43-44-46-49-52-55-58-61-64-67-70-76(79)82-73-74(72-81-75(78)69-66-63-60-57-54-51-48-27-24-21-18-15-12-9-6-3)83-77(80)71-68-65-62-59-56-53-50-47-45-42-33-31-29-26-23-20-17-14-11-8-5-2/h7,10,16,19,23,25-26,28,31-34,36-37,39-40,43-44,74H,4-6,8-9,11-15,17-18,20-22,24,27,29-30,35,38,41-42,45-73H2,1-3H3/b10-7-,19-16-,26-23-,28-25-,33-31-,34-32-,37-36-,40-39-,44-43-. The molecule has 0 heterocycles. The fourth-order valence-corrected chi connectivity index (χ4v) is 9.99. The molecule has 0 fully saturated rings. The van der Waals surface area contributed by atoms with Crippen molar-refractivity contribution in [1.82, 2.24) is 0 Å². The third-order valence-electron chi connectivity index (χ3n) is 15.3. The van der Waals surface area contributed by atoms with Crippen LogP contribution in [0.25, 0.3) is 0 Å². The van der Waals surface area contributed by atoms with E-state index in [9.17, 15) is 14.4 Å². The quantitative estimate of drug-likeness (QED) is 0.0261. The van der Waals surface area contributed by atoms with E-state index in [1.807, 2.05) is 0 Å². The van der Waals surface area contributed by atoms with Crippen molar-refractivity contribution < 1.29 is 28.6 Å². The predicted molar refractivity (Wildman–Crippen MR) is 362 cm³/mol. The minimum absolute atomic E-state index is 0.0806. The van der Waals surface area contributed by atoms with E-state index in [0.717, 1.165) is 116 Å².